The largest absolute Gasteiger partial charge is 0.404 e. The van der Waals surface area contributed by atoms with Crippen LogP contribution in [0.1, 0.15) is 17.0 Å². The van der Waals surface area contributed by atoms with Gasteiger partial charge in [0.1, 0.15) is 6.04 Å². The monoisotopic (exact) mass is 391 g/mol. The van der Waals surface area contributed by atoms with Crippen molar-refractivity contribution in [3.8, 4) is 0 Å². The van der Waals surface area contributed by atoms with Crippen molar-refractivity contribution in [2.45, 2.75) is 29.7 Å². The fourth-order valence-electron chi connectivity index (χ4n) is 4.51. The van der Waals surface area contributed by atoms with Crippen LogP contribution in [0.5, 0.6) is 0 Å². The summed E-state index contributed by atoms with van der Waals surface area (Å²) in [6.07, 6.45) is -4.78. The highest BCUT2D eigenvalue weighted by molar-refractivity contribution is 6.08. The van der Waals surface area contributed by atoms with Crippen LogP contribution < -0.4 is 10.2 Å². The Kier molecular flexibility index (Phi) is 3.97. The van der Waals surface area contributed by atoms with Gasteiger partial charge in [-0.2, -0.15) is 13.2 Å². The number of alkyl halides is 3. The van der Waals surface area contributed by atoms with Crippen LogP contribution in [-0.2, 0) is 10.3 Å². The highest BCUT2D eigenvalue weighted by Gasteiger charge is 2.73. The Labute approximate surface area is 158 Å². The molecule has 2 aliphatic heterocycles. The highest BCUT2D eigenvalue weighted by Crippen LogP contribution is 2.53. The van der Waals surface area contributed by atoms with E-state index in [4.69, 9.17) is 0 Å². The van der Waals surface area contributed by atoms with E-state index in [9.17, 15) is 28.1 Å². The van der Waals surface area contributed by atoms with Crippen LogP contribution in [0, 0.1) is 10.1 Å². The summed E-state index contributed by atoms with van der Waals surface area (Å²) < 4.78 is 41.9. The van der Waals surface area contributed by atoms with Gasteiger partial charge < -0.3 is 4.90 Å². The minimum atomic E-state index is -4.78. The zero-order valence-corrected chi connectivity index (χ0v) is 14.7. The topological polar surface area (TPSA) is 75.5 Å². The van der Waals surface area contributed by atoms with Crippen LogP contribution in [0.4, 0.5) is 18.9 Å². The maximum absolute atomic E-state index is 14.0. The molecule has 0 bridgehead atoms. The minimum absolute atomic E-state index is 0.163. The van der Waals surface area contributed by atoms with Gasteiger partial charge in [0.15, 0.2) is 5.54 Å². The van der Waals surface area contributed by atoms with Crippen LogP contribution >= 0.6 is 0 Å². The normalized spacial score (nSPS) is 29.4. The van der Waals surface area contributed by atoms with Gasteiger partial charge in [0, 0.05) is 23.2 Å². The maximum Gasteiger partial charge on any atom is 0.404 e. The number of amides is 1. The number of anilines is 1. The van der Waals surface area contributed by atoms with Gasteiger partial charge in [-0.05, 0) is 11.6 Å². The Balaban J connectivity index is 1.99. The second-order valence-corrected chi connectivity index (χ2v) is 7.02. The van der Waals surface area contributed by atoms with Gasteiger partial charge in [0.05, 0.1) is 5.92 Å². The first-order valence-electron chi connectivity index (χ1n) is 8.60. The maximum atomic E-state index is 14.0. The Morgan fingerprint density at radius 3 is 2.32 bits per heavy atom. The average Bonchev–Trinajstić information content (AvgIpc) is 3.14. The smallest absolute Gasteiger partial charge is 0.313 e. The first-order valence-corrected chi connectivity index (χ1v) is 8.60. The number of halogens is 3. The molecule has 1 N–H and O–H groups in total. The number of fused-ring (bicyclic) bond motifs is 2. The zero-order valence-electron chi connectivity index (χ0n) is 14.7. The van der Waals surface area contributed by atoms with Crippen LogP contribution in [0.25, 0.3) is 0 Å². The van der Waals surface area contributed by atoms with E-state index in [-0.39, 0.29) is 11.1 Å². The summed E-state index contributed by atoms with van der Waals surface area (Å²) >= 11 is 0. The summed E-state index contributed by atoms with van der Waals surface area (Å²) in [5.74, 6) is -2.32. The molecular formula is C19H16F3N3O3. The molecule has 0 aromatic heterocycles. The molecule has 2 heterocycles. The molecule has 0 aliphatic carbocycles. The number of carbonyl (C=O) groups is 1. The van der Waals surface area contributed by atoms with E-state index in [0.29, 0.717) is 5.69 Å². The summed E-state index contributed by atoms with van der Waals surface area (Å²) in [5.41, 5.74) is -1.37. The lowest BCUT2D eigenvalue weighted by atomic mass is 9.78. The number of rotatable bonds is 2. The fourth-order valence-corrected chi connectivity index (χ4v) is 4.51. The Bertz CT molecular complexity index is 950. The molecule has 0 radical (unpaired) electrons. The Hall–Kier alpha value is -2.94. The van der Waals surface area contributed by atoms with Gasteiger partial charge >= 0.3 is 6.18 Å². The molecule has 4 atom stereocenters. The SMILES string of the molecule is CN1C(=O)[C@@]2(N[C@@H](C(F)(F)F)[C@H](c3ccccc3)[C@H]2[N+](=O)[O-])c2ccccc21. The molecule has 2 aromatic carbocycles. The molecule has 146 valence electrons. The number of nitrogens with zero attached hydrogens (tertiary/aromatic N) is 2. The van der Waals surface area contributed by atoms with Crippen LogP contribution in [0.15, 0.2) is 54.6 Å². The van der Waals surface area contributed by atoms with Crippen LogP contribution in [-0.4, -0.2) is 36.1 Å². The predicted octanol–water partition coefficient (Wildman–Crippen LogP) is 2.82. The number of hydrogen-bond donors (Lipinski definition) is 1. The molecule has 28 heavy (non-hydrogen) atoms. The van der Waals surface area contributed by atoms with Crippen molar-refractivity contribution in [3.05, 3.63) is 75.8 Å². The Morgan fingerprint density at radius 1 is 1.11 bits per heavy atom. The minimum Gasteiger partial charge on any atom is -0.313 e. The molecule has 1 saturated heterocycles. The molecule has 1 amide bonds. The number of para-hydroxylation sites is 1. The highest BCUT2D eigenvalue weighted by atomic mass is 19.4. The Morgan fingerprint density at radius 2 is 1.71 bits per heavy atom. The summed E-state index contributed by atoms with van der Waals surface area (Å²) in [7, 11) is 1.41. The van der Waals surface area contributed by atoms with E-state index in [1.54, 1.807) is 24.3 Å². The number of carbonyl (C=O) groups excluding carboxylic acids is 1. The predicted molar refractivity (Wildman–Crippen MR) is 94.5 cm³/mol. The van der Waals surface area contributed by atoms with E-state index in [1.807, 2.05) is 0 Å². The molecule has 0 unspecified atom stereocenters. The number of nitro groups is 1. The molecule has 6 nitrogen and oxygen atoms in total. The second-order valence-electron chi connectivity index (χ2n) is 7.02. The van der Waals surface area contributed by atoms with E-state index < -0.39 is 40.5 Å². The molecule has 1 fully saturated rings. The van der Waals surface area contributed by atoms with Crippen molar-refractivity contribution in [1.82, 2.24) is 5.32 Å². The summed E-state index contributed by atoms with van der Waals surface area (Å²) in [5, 5.41) is 14.5. The molecule has 1 spiro atoms. The molecule has 4 rings (SSSR count). The van der Waals surface area contributed by atoms with Gasteiger partial charge in [0.2, 0.25) is 0 Å². The standard InChI is InChI=1S/C19H16F3N3O3/c1-24-13-10-6-5-9-12(13)18(17(24)26)16(25(27)28)14(11-7-3-2-4-8-11)15(23-18)19(20,21)22/h2-10,14-16,23H,1H3/t14-,15+,16+,18+/m0/s1. The molecule has 9 heteroatoms. The number of nitrogens with one attached hydrogen (secondary N) is 1. The quantitative estimate of drug-likeness (QED) is 0.631. The number of benzene rings is 2. The summed E-state index contributed by atoms with van der Waals surface area (Å²) in [4.78, 5) is 25.7. The average molecular weight is 391 g/mol. The van der Waals surface area contributed by atoms with Crippen LogP contribution in [0.2, 0.25) is 0 Å². The van der Waals surface area contributed by atoms with Crippen molar-refractivity contribution in [3.63, 3.8) is 0 Å². The van der Waals surface area contributed by atoms with Gasteiger partial charge in [-0.1, -0.05) is 48.5 Å². The van der Waals surface area contributed by atoms with Crippen LogP contribution in [0.3, 0.4) is 0 Å². The zero-order chi connectivity index (χ0) is 20.3. The fraction of sp³-hybridized carbons (Fsp3) is 0.316. The van der Waals surface area contributed by atoms with E-state index >= 15 is 0 Å². The third-order valence-corrected chi connectivity index (χ3v) is 5.62. The lowest BCUT2D eigenvalue weighted by Crippen LogP contribution is -2.56. The summed E-state index contributed by atoms with van der Waals surface area (Å²) in [6, 6.07) is 9.70. The van der Waals surface area contributed by atoms with E-state index in [1.165, 1.54) is 42.3 Å². The van der Waals surface area contributed by atoms with E-state index in [2.05, 4.69) is 5.32 Å². The molecule has 2 aliphatic rings. The van der Waals surface area contributed by atoms with Gasteiger partial charge in [-0.25, -0.2) is 0 Å². The first-order chi connectivity index (χ1) is 13.2. The van der Waals surface area contributed by atoms with Gasteiger partial charge in [-0.3, -0.25) is 20.2 Å². The lowest BCUT2D eigenvalue weighted by Gasteiger charge is -2.26. The third kappa shape index (κ3) is 2.35. The molecular weight excluding hydrogens is 375 g/mol. The van der Waals surface area contributed by atoms with Crippen molar-refractivity contribution in [2.24, 2.45) is 0 Å². The number of hydrogen-bond acceptors (Lipinski definition) is 4. The molecule has 2 aromatic rings. The third-order valence-electron chi connectivity index (χ3n) is 5.62. The van der Waals surface area contributed by atoms with Crippen molar-refractivity contribution < 1.29 is 22.9 Å². The van der Waals surface area contributed by atoms with E-state index in [0.717, 1.165) is 0 Å². The van der Waals surface area contributed by atoms with Crippen molar-refractivity contribution >= 4 is 11.6 Å². The first kappa shape index (κ1) is 18.4. The van der Waals surface area contributed by atoms with Gasteiger partial charge in [0.25, 0.3) is 11.9 Å². The van der Waals surface area contributed by atoms with Crippen molar-refractivity contribution in [1.29, 1.82) is 0 Å². The molecule has 0 saturated carbocycles. The second kappa shape index (κ2) is 6.03. The lowest BCUT2D eigenvalue weighted by molar-refractivity contribution is -0.532. The van der Waals surface area contributed by atoms with Crippen molar-refractivity contribution in [2.75, 3.05) is 11.9 Å². The summed E-state index contributed by atoms with van der Waals surface area (Å²) in [6.45, 7) is 0. The number of likely N-dealkylation sites (N-methyl/N-ethyl adjacent to an activating group) is 1. The van der Waals surface area contributed by atoms with Gasteiger partial charge in [-0.15, -0.1) is 0 Å².